The lowest BCUT2D eigenvalue weighted by atomic mass is 10.2. The highest BCUT2D eigenvalue weighted by Gasteiger charge is 2.23. The molecule has 6 heteroatoms. The van der Waals surface area contributed by atoms with E-state index in [9.17, 15) is 12.8 Å². The molecule has 0 saturated heterocycles. The summed E-state index contributed by atoms with van der Waals surface area (Å²) >= 11 is 0. The van der Waals surface area contributed by atoms with Crippen molar-refractivity contribution in [1.82, 2.24) is 4.31 Å². The molecule has 0 aromatic heterocycles. The third kappa shape index (κ3) is 2.91. The molecule has 0 heterocycles. The van der Waals surface area contributed by atoms with E-state index in [0.29, 0.717) is 0 Å². The van der Waals surface area contributed by atoms with Crippen LogP contribution in [0.15, 0.2) is 35.7 Å². The Balaban J connectivity index is 3.31. The molecule has 0 fully saturated rings. The van der Waals surface area contributed by atoms with Gasteiger partial charge in [-0.15, -0.1) is 6.58 Å². The topological polar surface area (TPSA) is 57.6 Å². The predicted molar refractivity (Wildman–Crippen MR) is 62.3 cm³/mol. The van der Waals surface area contributed by atoms with Crippen LogP contribution >= 0.6 is 0 Å². The number of hydrogen-bond acceptors (Lipinski definition) is 3. The Hall–Kier alpha value is -1.24. The van der Waals surface area contributed by atoms with E-state index in [0.717, 1.165) is 16.4 Å². The number of benzene rings is 1. The number of likely N-dealkylation sites (N-methyl/N-ethyl adjacent to an activating group) is 1. The molecule has 1 aromatic carbocycles. The Labute approximate surface area is 100 Å². The van der Waals surface area contributed by atoms with Gasteiger partial charge in [0.05, 0.1) is 11.5 Å². The summed E-state index contributed by atoms with van der Waals surface area (Å²) in [6.07, 6.45) is 1.43. The molecule has 0 aliphatic heterocycles. The van der Waals surface area contributed by atoms with Crippen molar-refractivity contribution in [3.63, 3.8) is 0 Å². The van der Waals surface area contributed by atoms with Gasteiger partial charge in [0, 0.05) is 13.6 Å². The Kier molecular flexibility index (Phi) is 4.39. The smallest absolute Gasteiger partial charge is 0.243 e. The molecular weight excluding hydrogens is 245 g/mol. The van der Waals surface area contributed by atoms with E-state index in [4.69, 9.17) is 5.11 Å². The number of sulfonamides is 1. The first-order chi connectivity index (χ1) is 7.93. The average Bonchev–Trinajstić information content (AvgIpc) is 2.29. The highest BCUT2D eigenvalue weighted by atomic mass is 32.2. The molecule has 0 aliphatic rings. The number of aliphatic hydroxyl groups excluding tert-OH is 1. The minimum Gasteiger partial charge on any atom is -0.392 e. The molecule has 0 unspecified atom stereocenters. The molecule has 4 nitrogen and oxygen atoms in total. The van der Waals surface area contributed by atoms with Crippen molar-refractivity contribution >= 4 is 10.0 Å². The second kappa shape index (κ2) is 5.39. The summed E-state index contributed by atoms with van der Waals surface area (Å²) in [5.41, 5.74) is 0.169. The van der Waals surface area contributed by atoms with Gasteiger partial charge < -0.3 is 5.11 Å². The number of nitrogens with zero attached hydrogens (tertiary/aromatic N) is 1. The van der Waals surface area contributed by atoms with Crippen molar-refractivity contribution < 1.29 is 17.9 Å². The largest absolute Gasteiger partial charge is 0.392 e. The van der Waals surface area contributed by atoms with Crippen molar-refractivity contribution in [2.24, 2.45) is 0 Å². The molecule has 0 amide bonds. The van der Waals surface area contributed by atoms with Crippen LogP contribution in [0.25, 0.3) is 0 Å². The predicted octanol–water partition coefficient (Wildman–Crippen LogP) is 1.12. The number of aliphatic hydroxyl groups is 1. The van der Waals surface area contributed by atoms with Gasteiger partial charge in [-0.05, 0) is 17.7 Å². The van der Waals surface area contributed by atoms with Crippen LogP contribution in [0.2, 0.25) is 0 Å². The van der Waals surface area contributed by atoms with Gasteiger partial charge in [0.2, 0.25) is 10.0 Å². The number of rotatable bonds is 5. The van der Waals surface area contributed by atoms with Crippen LogP contribution in [0.1, 0.15) is 5.56 Å². The first-order valence-corrected chi connectivity index (χ1v) is 6.34. The van der Waals surface area contributed by atoms with Crippen LogP contribution in [-0.2, 0) is 16.6 Å². The standard InChI is InChI=1S/C11H14FNO3S/c1-3-6-13(2)17(15,16)11-7-10(12)5-4-9(11)8-14/h3-5,7,14H,1,6,8H2,2H3. The fraction of sp³-hybridized carbons (Fsp3) is 0.273. The van der Waals surface area contributed by atoms with Crippen LogP contribution in [0, 0.1) is 5.82 Å². The van der Waals surface area contributed by atoms with Crippen molar-refractivity contribution in [3.05, 3.63) is 42.2 Å². The molecule has 1 aromatic rings. The zero-order chi connectivity index (χ0) is 13.1. The SMILES string of the molecule is C=CCN(C)S(=O)(=O)c1cc(F)ccc1CO. The Morgan fingerprint density at radius 1 is 1.53 bits per heavy atom. The Morgan fingerprint density at radius 3 is 2.71 bits per heavy atom. The third-order valence-corrected chi connectivity index (χ3v) is 4.18. The number of halogens is 1. The summed E-state index contributed by atoms with van der Waals surface area (Å²) in [7, 11) is -2.44. The average molecular weight is 259 g/mol. The van der Waals surface area contributed by atoms with Gasteiger partial charge in [0.1, 0.15) is 5.82 Å². The maximum absolute atomic E-state index is 13.1. The van der Waals surface area contributed by atoms with E-state index in [1.165, 1.54) is 19.2 Å². The van der Waals surface area contributed by atoms with Crippen LogP contribution in [0.5, 0.6) is 0 Å². The van der Waals surface area contributed by atoms with Crippen LogP contribution in [0.3, 0.4) is 0 Å². The monoisotopic (exact) mass is 259 g/mol. The summed E-state index contributed by atoms with van der Waals surface area (Å²) in [4.78, 5) is -0.218. The molecule has 0 atom stereocenters. The second-order valence-corrected chi connectivity index (χ2v) is 5.50. The minimum atomic E-state index is -3.80. The molecule has 0 saturated carbocycles. The van der Waals surface area contributed by atoms with Gasteiger partial charge in [-0.3, -0.25) is 0 Å². The molecule has 17 heavy (non-hydrogen) atoms. The normalized spacial score (nSPS) is 11.8. The second-order valence-electron chi connectivity index (χ2n) is 3.48. The van der Waals surface area contributed by atoms with E-state index >= 15 is 0 Å². The van der Waals surface area contributed by atoms with Gasteiger partial charge in [-0.25, -0.2) is 12.8 Å². The highest BCUT2D eigenvalue weighted by Crippen LogP contribution is 2.20. The van der Waals surface area contributed by atoms with Gasteiger partial charge in [0.15, 0.2) is 0 Å². The van der Waals surface area contributed by atoms with E-state index in [2.05, 4.69) is 6.58 Å². The molecule has 0 spiro atoms. The van der Waals surface area contributed by atoms with E-state index in [1.54, 1.807) is 0 Å². The zero-order valence-electron chi connectivity index (χ0n) is 9.43. The quantitative estimate of drug-likeness (QED) is 0.806. The van der Waals surface area contributed by atoms with Crippen LogP contribution in [-0.4, -0.2) is 31.4 Å². The molecule has 1 rings (SSSR count). The Morgan fingerprint density at radius 2 is 2.18 bits per heavy atom. The minimum absolute atomic E-state index is 0.115. The highest BCUT2D eigenvalue weighted by molar-refractivity contribution is 7.89. The zero-order valence-corrected chi connectivity index (χ0v) is 10.2. The Bertz CT molecular complexity index is 513. The van der Waals surface area contributed by atoms with Gasteiger partial charge in [0.25, 0.3) is 0 Å². The maximum atomic E-state index is 13.1. The summed E-state index contributed by atoms with van der Waals surface area (Å²) < 4.78 is 38.2. The molecule has 94 valence electrons. The summed E-state index contributed by atoms with van der Waals surface area (Å²) in [6, 6.07) is 3.27. The van der Waals surface area contributed by atoms with Crippen molar-refractivity contribution in [2.45, 2.75) is 11.5 Å². The molecule has 0 bridgehead atoms. The van der Waals surface area contributed by atoms with Gasteiger partial charge in [-0.2, -0.15) is 4.31 Å². The van der Waals surface area contributed by atoms with Crippen molar-refractivity contribution in [3.8, 4) is 0 Å². The lowest BCUT2D eigenvalue weighted by Gasteiger charge is -2.17. The van der Waals surface area contributed by atoms with E-state index in [-0.39, 0.29) is 17.0 Å². The molecule has 1 N–H and O–H groups in total. The molecular formula is C11H14FNO3S. The van der Waals surface area contributed by atoms with E-state index < -0.39 is 22.4 Å². The lowest BCUT2D eigenvalue weighted by molar-refractivity contribution is 0.278. The summed E-state index contributed by atoms with van der Waals surface area (Å²) in [5.74, 6) is -0.659. The maximum Gasteiger partial charge on any atom is 0.243 e. The lowest BCUT2D eigenvalue weighted by Crippen LogP contribution is -2.28. The van der Waals surface area contributed by atoms with Crippen molar-refractivity contribution in [1.29, 1.82) is 0 Å². The first-order valence-electron chi connectivity index (χ1n) is 4.90. The first kappa shape index (κ1) is 13.8. The molecule has 0 radical (unpaired) electrons. The summed E-state index contributed by atoms with van der Waals surface area (Å²) in [5, 5.41) is 9.06. The van der Waals surface area contributed by atoms with E-state index in [1.807, 2.05) is 0 Å². The van der Waals surface area contributed by atoms with Crippen molar-refractivity contribution in [2.75, 3.05) is 13.6 Å². The van der Waals surface area contributed by atoms with Crippen LogP contribution in [0.4, 0.5) is 4.39 Å². The van der Waals surface area contributed by atoms with Crippen LogP contribution < -0.4 is 0 Å². The third-order valence-electron chi connectivity index (χ3n) is 2.27. The fourth-order valence-corrected chi connectivity index (χ4v) is 2.71. The summed E-state index contributed by atoms with van der Waals surface area (Å²) in [6.45, 7) is 3.09. The molecule has 0 aliphatic carbocycles. The number of hydrogen-bond donors (Lipinski definition) is 1. The fourth-order valence-electron chi connectivity index (χ4n) is 1.35. The van der Waals surface area contributed by atoms with Gasteiger partial charge in [-0.1, -0.05) is 12.1 Å². The van der Waals surface area contributed by atoms with Gasteiger partial charge >= 0.3 is 0 Å².